The van der Waals surface area contributed by atoms with Crippen molar-refractivity contribution in [2.45, 2.75) is 6.92 Å². The first-order valence-corrected chi connectivity index (χ1v) is 8.19. The van der Waals surface area contributed by atoms with E-state index in [2.05, 4.69) is 4.99 Å². The van der Waals surface area contributed by atoms with Crippen molar-refractivity contribution in [1.82, 2.24) is 4.57 Å². The summed E-state index contributed by atoms with van der Waals surface area (Å²) in [4.78, 5) is 29.2. The number of aromatic nitrogens is 1. The molecule has 0 spiro atoms. The Bertz CT molecular complexity index is 1030. The van der Waals surface area contributed by atoms with Crippen LogP contribution in [0.3, 0.4) is 0 Å². The van der Waals surface area contributed by atoms with Gasteiger partial charge in [0.05, 0.1) is 16.1 Å². The molecule has 0 unspecified atom stereocenters. The predicted molar refractivity (Wildman–Crippen MR) is 93.2 cm³/mol. The molecule has 4 rings (SSSR count). The number of hydrogen-bond donors (Lipinski definition) is 0. The van der Waals surface area contributed by atoms with Crippen LogP contribution in [0.5, 0.6) is 0 Å². The molecular weight excluding hydrogens is 324 g/mol. The summed E-state index contributed by atoms with van der Waals surface area (Å²) in [6, 6.07) is 13.1. The van der Waals surface area contributed by atoms with Crippen LogP contribution >= 0.6 is 11.3 Å². The Kier molecular flexibility index (Phi) is 3.39. The minimum atomic E-state index is -0.515. The van der Waals surface area contributed by atoms with E-state index in [0.717, 1.165) is 15.8 Å². The number of aliphatic imine (C=N–C) groups is 1. The maximum absolute atomic E-state index is 12.1. The fraction of sp³-hybridized carbons (Fsp3) is 0.0556. The van der Waals surface area contributed by atoms with Crippen LogP contribution in [0.4, 0.5) is 0 Å². The average molecular weight is 336 g/mol. The van der Waals surface area contributed by atoms with Gasteiger partial charge in [0, 0.05) is 12.3 Å². The van der Waals surface area contributed by atoms with Gasteiger partial charge in [-0.25, -0.2) is 9.79 Å². The molecule has 1 aromatic carbocycles. The molecule has 0 bridgehead atoms. The number of carbonyl (C=O) groups excluding carboxylic acids is 2. The number of carbonyl (C=O) groups is 2. The first-order valence-electron chi connectivity index (χ1n) is 7.31. The molecule has 3 aromatic rings. The summed E-state index contributed by atoms with van der Waals surface area (Å²) in [5.74, 6) is -0.345. The highest BCUT2D eigenvalue weighted by Gasteiger charge is 2.25. The predicted octanol–water partition coefficient (Wildman–Crippen LogP) is 3.71. The van der Waals surface area contributed by atoms with Gasteiger partial charge < -0.3 is 4.74 Å². The zero-order valence-electron chi connectivity index (χ0n) is 12.7. The first kappa shape index (κ1) is 14.6. The number of rotatable bonds is 2. The third kappa shape index (κ3) is 2.37. The van der Waals surface area contributed by atoms with Gasteiger partial charge in [-0.05, 0) is 29.7 Å². The van der Waals surface area contributed by atoms with Gasteiger partial charge in [0.1, 0.15) is 0 Å². The number of ether oxygens (including phenoxy) is 1. The molecule has 0 radical (unpaired) electrons. The van der Waals surface area contributed by atoms with Gasteiger partial charge in [0.2, 0.25) is 11.8 Å². The largest absolute Gasteiger partial charge is 0.401 e. The lowest BCUT2D eigenvalue weighted by molar-refractivity contribution is -0.129. The molecule has 1 aliphatic rings. The Hall–Kier alpha value is -2.99. The molecule has 0 aliphatic carbocycles. The van der Waals surface area contributed by atoms with E-state index >= 15 is 0 Å². The van der Waals surface area contributed by atoms with Crippen LogP contribution in [-0.4, -0.2) is 22.3 Å². The second-order valence-corrected chi connectivity index (χ2v) is 6.24. The molecule has 6 heteroatoms. The van der Waals surface area contributed by atoms with Crippen molar-refractivity contribution in [3.63, 3.8) is 0 Å². The fourth-order valence-corrected chi connectivity index (χ4v) is 3.34. The Balaban J connectivity index is 1.84. The lowest BCUT2D eigenvalue weighted by Gasteiger charge is -2.02. The van der Waals surface area contributed by atoms with E-state index in [1.807, 2.05) is 47.8 Å². The van der Waals surface area contributed by atoms with E-state index in [9.17, 15) is 9.59 Å². The molecule has 0 N–H and O–H groups in total. The number of nitrogens with zero attached hydrogens (tertiary/aromatic N) is 2. The number of cyclic esters (lactones) is 1. The van der Waals surface area contributed by atoms with Gasteiger partial charge in [0.25, 0.3) is 0 Å². The van der Waals surface area contributed by atoms with Gasteiger partial charge in [-0.3, -0.25) is 9.36 Å². The number of esters is 1. The SMILES string of the molecule is CC(=O)n1c(/C=C2/N=C(c3cccs3)OC2=O)cc2ccccc21. The molecular formula is C18H12N2O3S. The summed E-state index contributed by atoms with van der Waals surface area (Å²) >= 11 is 1.45. The first-order chi connectivity index (χ1) is 11.6. The van der Waals surface area contributed by atoms with Crippen molar-refractivity contribution in [3.8, 4) is 0 Å². The second kappa shape index (κ2) is 5.58. The van der Waals surface area contributed by atoms with Crippen LogP contribution in [0.25, 0.3) is 17.0 Å². The third-order valence-corrected chi connectivity index (χ3v) is 4.55. The lowest BCUT2D eigenvalue weighted by atomic mass is 10.2. The van der Waals surface area contributed by atoms with Crippen molar-refractivity contribution in [1.29, 1.82) is 0 Å². The molecule has 1 aliphatic heterocycles. The van der Waals surface area contributed by atoms with Crippen LogP contribution in [0.2, 0.25) is 0 Å². The summed E-state index contributed by atoms with van der Waals surface area (Å²) in [5.41, 5.74) is 1.58. The summed E-state index contributed by atoms with van der Waals surface area (Å²) in [5, 5.41) is 2.81. The van der Waals surface area contributed by atoms with Crippen LogP contribution < -0.4 is 0 Å². The maximum Gasteiger partial charge on any atom is 0.363 e. The summed E-state index contributed by atoms with van der Waals surface area (Å²) < 4.78 is 6.79. The fourth-order valence-electron chi connectivity index (χ4n) is 2.69. The molecule has 3 heterocycles. The van der Waals surface area contributed by atoms with Crippen molar-refractivity contribution in [2.24, 2.45) is 4.99 Å². The van der Waals surface area contributed by atoms with Crippen LogP contribution in [0, 0.1) is 0 Å². The van der Waals surface area contributed by atoms with Gasteiger partial charge in [0.15, 0.2) is 5.70 Å². The number of hydrogen-bond acceptors (Lipinski definition) is 5. The molecule has 5 nitrogen and oxygen atoms in total. The zero-order chi connectivity index (χ0) is 16.7. The average Bonchev–Trinajstić information content (AvgIpc) is 3.26. The minimum absolute atomic E-state index is 0.128. The van der Waals surface area contributed by atoms with Crippen LogP contribution in [0.15, 0.2) is 58.5 Å². The third-order valence-electron chi connectivity index (χ3n) is 3.69. The normalized spacial score (nSPS) is 15.8. The Morgan fingerprint density at radius 1 is 1.25 bits per heavy atom. The molecule has 118 valence electrons. The van der Waals surface area contributed by atoms with Crippen molar-refractivity contribution < 1.29 is 14.3 Å². The number of para-hydroxylation sites is 1. The molecule has 24 heavy (non-hydrogen) atoms. The van der Waals surface area contributed by atoms with Crippen molar-refractivity contribution in [2.75, 3.05) is 0 Å². The molecule has 0 saturated heterocycles. The summed E-state index contributed by atoms with van der Waals surface area (Å²) in [6.45, 7) is 1.49. The van der Waals surface area contributed by atoms with E-state index in [1.165, 1.54) is 18.3 Å². The smallest absolute Gasteiger partial charge is 0.363 e. The van der Waals surface area contributed by atoms with Gasteiger partial charge >= 0.3 is 5.97 Å². The molecule has 2 aromatic heterocycles. The van der Waals surface area contributed by atoms with Gasteiger partial charge in [-0.2, -0.15) is 0 Å². The zero-order valence-corrected chi connectivity index (χ0v) is 13.5. The maximum atomic E-state index is 12.1. The minimum Gasteiger partial charge on any atom is -0.401 e. The number of fused-ring (bicyclic) bond motifs is 1. The second-order valence-electron chi connectivity index (χ2n) is 5.30. The van der Waals surface area contributed by atoms with Crippen molar-refractivity contribution in [3.05, 3.63) is 64.1 Å². The molecule has 0 saturated carbocycles. The van der Waals surface area contributed by atoms with Crippen LogP contribution in [-0.2, 0) is 9.53 Å². The highest BCUT2D eigenvalue weighted by molar-refractivity contribution is 7.12. The van der Waals surface area contributed by atoms with E-state index in [0.29, 0.717) is 11.6 Å². The van der Waals surface area contributed by atoms with E-state index in [1.54, 1.807) is 10.6 Å². The Labute approximate surface area is 141 Å². The summed E-state index contributed by atoms with van der Waals surface area (Å²) in [7, 11) is 0. The number of thiophene rings is 1. The van der Waals surface area contributed by atoms with Gasteiger partial charge in [-0.15, -0.1) is 11.3 Å². The van der Waals surface area contributed by atoms with E-state index < -0.39 is 5.97 Å². The highest BCUT2D eigenvalue weighted by Crippen LogP contribution is 2.25. The van der Waals surface area contributed by atoms with Gasteiger partial charge in [-0.1, -0.05) is 24.3 Å². The van der Waals surface area contributed by atoms with E-state index in [4.69, 9.17) is 4.74 Å². The topological polar surface area (TPSA) is 60.7 Å². The standard InChI is InChI=1S/C18H12N2O3S/c1-11(21)20-13(9-12-5-2-3-6-15(12)20)10-14-18(22)23-17(19-14)16-7-4-8-24-16/h2-10H,1H3/b14-10+. The highest BCUT2D eigenvalue weighted by atomic mass is 32.1. The van der Waals surface area contributed by atoms with Crippen LogP contribution in [0.1, 0.15) is 22.3 Å². The van der Waals surface area contributed by atoms with Crippen molar-refractivity contribution >= 4 is 46.1 Å². The molecule has 0 fully saturated rings. The Morgan fingerprint density at radius 3 is 2.83 bits per heavy atom. The lowest BCUT2D eigenvalue weighted by Crippen LogP contribution is -2.08. The molecule has 0 amide bonds. The van der Waals surface area contributed by atoms with E-state index in [-0.39, 0.29) is 11.6 Å². The summed E-state index contributed by atoms with van der Waals surface area (Å²) in [6.07, 6.45) is 1.59. The number of benzene rings is 1. The Morgan fingerprint density at radius 2 is 2.08 bits per heavy atom. The quantitative estimate of drug-likeness (QED) is 0.529. The molecule has 0 atom stereocenters. The monoisotopic (exact) mass is 336 g/mol.